The maximum Gasteiger partial charge on any atom is 0.276 e. The molecule has 0 atom stereocenters. The summed E-state index contributed by atoms with van der Waals surface area (Å²) in [5, 5.41) is 3.66. The molecule has 1 saturated heterocycles. The van der Waals surface area contributed by atoms with E-state index in [1.54, 1.807) is 4.90 Å². The molecule has 22 heavy (non-hydrogen) atoms. The normalized spacial score (nSPS) is 21.5. The van der Waals surface area contributed by atoms with Crippen LogP contribution in [0.4, 0.5) is 0 Å². The summed E-state index contributed by atoms with van der Waals surface area (Å²) >= 11 is 5.38. The monoisotopic (exact) mass is 314 g/mol. The quantitative estimate of drug-likeness (QED) is 0.683. The molecule has 1 amide bonds. The minimum atomic E-state index is 0.0245. The minimum Gasteiger partial charge on any atom is -0.328 e. The Bertz CT molecular complexity index is 600. The number of carbonyl (C=O) groups excluding carboxylic acids is 1. The average molecular weight is 314 g/mol. The number of benzene rings is 1. The number of amides is 1. The van der Waals surface area contributed by atoms with Crippen molar-refractivity contribution in [2.45, 2.75) is 51.5 Å². The van der Waals surface area contributed by atoms with Gasteiger partial charge in [-0.05, 0) is 48.7 Å². The highest BCUT2D eigenvalue weighted by Gasteiger charge is 2.36. The summed E-state index contributed by atoms with van der Waals surface area (Å²) in [6, 6.07) is 8.57. The second-order valence-electron chi connectivity index (χ2n) is 6.05. The number of rotatable bonds is 3. The Kier molecular flexibility index (Phi) is 4.57. The summed E-state index contributed by atoms with van der Waals surface area (Å²) in [6.07, 6.45) is 8.69. The third kappa shape index (κ3) is 3.07. The Balaban J connectivity index is 1.78. The van der Waals surface area contributed by atoms with Gasteiger partial charge in [-0.3, -0.25) is 9.69 Å². The molecule has 0 spiro atoms. The second-order valence-corrected chi connectivity index (χ2v) is 6.44. The van der Waals surface area contributed by atoms with Crippen molar-refractivity contribution in [3.63, 3.8) is 0 Å². The van der Waals surface area contributed by atoms with E-state index in [1.807, 2.05) is 18.2 Å². The maximum absolute atomic E-state index is 12.7. The van der Waals surface area contributed by atoms with Gasteiger partial charge in [0.1, 0.15) is 5.70 Å². The van der Waals surface area contributed by atoms with Gasteiger partial charge in [0.15, 0.2) is 5.11 Å². The van der Waals surface area contributed by atoms with Crippen molar-refractivity contribution >= 4 is 29.3 Å². The fraction of sp³-hybridized carbons (Fsp3) is 0.444. The molecule has 0 radical (unpaired) electrons. The lowest BCUT2D eigenvalue weighted by Gasteiger charge is -2.29. The minimum absolute atomic E-state index is 0.0245. The number of nitrogens with one attached hydrogen (secondary N) is 1. The Morgan fingerprint density at radius 2 is 1.91 bits per heavy atom. The van der Waals surface area contributed by atoms with Crippen LogP contribution in [0.5, 0.6) is 0 Å². The number of carbonyl (C=O) groups is 1. The van der Waals surface area contributed by atoms with Crippen molar-refractivity contribution in [2.75, 3.05) is 0 Å². The van der Waals surface area contributed by atoms with Gasteiger partial charge in [0.25, 0.3) is 5.91 Å². The zero-order valence-electron chi connectivity index (χ0n) is 13.0. The van der Waals surface area contributed by atoms with Crippen LogP contribution in [0.25, 0.3) is 6.08 Å². The average Bonchev–Trinajstić information content (AvgIpc) is 2.83. The number of aryl methyl sites for hydroxylation is 1. The molecule has 1 saturated carbocycles. The van der Waals surface area contributed by atoms with Gasteiger partial charge in [-0.15, -0.1) is 0 Å². The molecule has 1 heterocycles. The van der Waals surface area contributed by atoms with E-state index in [9.17, 15) is 4.79 Å². The molecular weight excluding hydrogens is 292 g/mol. The molecule has 1 aliphatic carbocycles. The predicted molar refractivity (Wildman–Crippen MR) is 93.2 cm³/mol. The van der Waals surface area contributed by atoms with Crippen LogP contribution in [0.1, 0.15) is 50.2 Å². The third-order valence-corrected chi connectivity index (χ3v) is 4.85. The molecular formula is C18H22N2OS. The molecule has 2 aliphatic rings. The van der Waals surface area contributed by atoms with E-state index in [4.69, 9.17) is 12.2 Å². The highest BCUT2D eigenvalue weighted by Crippen LogP contribution is 2.26. The van der Waals surface area contributed by atoms with Crippen molar-refractivity contribution in [2.24, 2.45) is 0 Å². The summed E-state index contributed by atoms with van der Waals surface area (Å²) in [6.45, 7) is 2.13. The SMILES string of the molecule is CCc1ccc(C=C2NC(=S)N(C3CCCCC3)C2=O)cc1. The van der Waals surface area contributed by atoms with Crippen molar-refractivity contribution in [3.05, 3.63) is 41.1 Å². The highest BCUT2D eigenvalue weighted by atomic mass is 32.1. The molecule has 1 aromatic carbocycles. The molecule has 2 fully saturated rings. The van der Waals surface area contributed by atoms with Crippen molar-refractivity contribution in [1.82, 2.24) is 10.2 Å². The van der Waals surface area contributed by atoms with E-state index >= 15 is 0 Å². The number of hydrogen-bond acceptors (Lipinski definition) is 2. The van der Waals surface area contributed by atoms with Crippen molar-refractivity contribution in [3.8, 4) is 0 Å². The smallest absolute Gasteiger partial charge is 0.276 e. The Morgan fingerprint density at radius 1 is 1.23 bits per heavy atom. The topological polar surface area (TPSA) is 32.3 Å². The summed E-state index contributed by atoms with van der Waals surface area (Å²) < 4.78 is 0. The maximum atomic E-state index is 12.7. The molecule has 3 rings (SSSR count). The Hall–Kier alpha value is -1.68. The van der Waals surface area contributed by atoms with Crippen LogP contribution < -0.4 is 5.32 Å². The first-order valence-corrected chi connectivity index (χ1v) is 8.55. The Morgan fingerprint density at radius 3 is 2.55 bits per heavy atom. The third-order valence-electron chi connectivity index (χ3n) is 4.55. The van der Waals surface area contributed by atoms with Crippen LogP contribution in [-0.4, -0.2) is 22.0 Å². The summed E-state index contributed by atoms with van der Waals surface area (Å²) in [4.78, 5) is 14.4. The van der Waals surface area contributed by atoms with E-state index in [1.165, 1.54) is 24.8 Å². The molecule has 4 heteroatoms. The van der Waals surface area contributed by atoms with Crippen LogP contribution in [0.15, 0.2) is 30.0 Å². The van der Waals surface area contributed by atoms with Gasteiger partial charge in [0.05, 0.1) is 0 Å². The van der Waals surface area contributed by atoms with Gasteiger partial charge in [0, 0.05) is 6.04 Å². The lowest BCUT2D eigenvalue weighted by Crippen LogP contribution is -2.41. The first-order valence-electron chi connectivity index (χ1n) is 8.14. The van der Waals surface area contributed by atoms with Crippen LogP contribution in [0, 0.1) is 0 Å². The summed E-state index contributed by atoms with van der Waals surface area (Å²) in [5.41, 5.74) is 2.92. The molecule has 1 aliphatic heterocycles. The zero-order valence-corrected chi connectivity index (χ0v) is 13.8. The number of thiocarbonyl (C=S) groups is 1. The molecule has 0 aromatic heterocycles. The molecule has 1 N–H and O–H groups in total. The lowest BCUT2D eigenvalue weighted by molar-refractivity contribution is -0.124. The standard InChI is InChI=1S/C18H22N2OS/c1-2-13-8-10-14(11-9-13)12-16-17(21)20(18(22)19-16)15-6-4-3-5-7-15/h8-12,15H,2-7H2,1H3,(H,19,22). The largest absolute Gasteiger partial charge is 0.328 e. The van der Waals surface area contributed by atoms with Crippen LogP contribution in [-0.2, 0) is 11.2 Å². The van der Waals surface area contributed by atoms with Crippen molar-refractivity contribution < 1.29 is 4.79 Å². The van der Waals surface area contributed by atoms with Gasteiger partial charge in [-0.2, -0.15) is 0 Å². The molecule has 0 unspecified atom stereocenters. The van der Waals surface area contributed by atoms with Crippen molar-refractivity contribution in [1.29, 1.82) is 0 Å². The van der Waals surface area contributed by atoms with Gasteiger partial charge in [-0.25, -0.2) is 0 Å². The number of hydrogen-bond donors (Lipinski definition) is 1. The lowest BCUT2D eigenvalue weighted by atomic mass is 9.94. The molecule has 0 bridgehead atoms. The van der Waals surface area contributed by atoms with E-state index < -0.39 is 0 Å². The fourth-order valence-corrected chi connectivity index (χ4v) is 3.58. The molecule has 116 valence electrons. The fourth-order valence-electron chi connectivity index (χ4n) is 3.24. The summed E-state index contributed by atoms with van der Waals surface area (Å²) in [5.74, 6) is 0.0245. The van der Waals surface area contributed by atoms with E-state index in [2.05, 4.69) is 24.4 Å². The molecule has 3 nitrogen and oxygen atoms in total. The van der Waals surface area contributed by atoms with E-state index in [0.717, 1.165) is 24.8 Å². The van der Waals surface area contributed by atoms with E-state index in [-0.39, 0.29) is 11.9 Å². The first-order chi connectivity index (χ1) is 10.7. The second kappa shape index (κ2) is 6.61. The van der Waals surface area contributed by atoms with Gasteiger partial charge < -0.3 is 5.32 Å². The number of nitrogens with zero attached hydrogens (tertiary/aromatic N) is 1. The Labute approximate surface area is 137 Å². The van der Waals surface area contributed by atoms with Gasteiger partial charge >= 0.3 is 0 Å². The van der Waals surface area contributed by atoms with Gasteiger partial charge in [0.2, 0.25) is 0 Å². The first kappa shape index (κ1) is 15.2. The highest BCUT2D eigenvalue weighted by molar-refractivity contribution is 7.80. The van der Waals surface area contributed by atoms with Crippen LogP contribution >= 0.6 is 12.2 Å². The van der Waals surface area contributed by atoms with Gasteiger partial charge in [-0.1, -0.05) is 50.5 Å². The predicted octanol–water partition coefficient (Wildman–Crippen LogP) is 3.64. The molecule has 1 aromatic rings. The van der Waals surface area contributed by atoms with E-state index in [0.29, 0.717) is 10.8 Å². The van der Waals surface area contributed by atoms with Crippen LogP contribution in [0.2, 0.25) is 0 Å². The zero-order chi connectivity index (χ0) is 15.5. The summed E-state index contributed by atoms with van der Waals surface area (Å²) in [7, 11) is 0. The van der Waals surface area contributed by atoms with Crippen LogP contribution in [0.3, 0.4) is 0 Å².